The maximum Gasteiger partial charge on any atom is 0.355 e. The molecular weight excluding hydrogens is 366 g/mol. The number of hydrogen-bond donors (Lipinski definition) is 1. The molecule has 0 radical (unpaired) electrons. The Morgan fingerprint density at radius 3 is 2.17 bits per heavy atom. The van der Waals surface area contributed by atoms with E-state index in [2.05, 4.69) is 5.32 Å². The first-order chi connectivity index (χ1) is 14.1. The average molecular weight is 387 g/mol. The van der Waals surface area contributed by atoms with Crippen molar-refractivity contribution in [3.8, 4) is 11.5 Å². The van der Waals surface area contributed by atoms with E-state index < -0.39 is 5.97 Å². The van der Waals surface area contributed by atoms with Gasteiger partial charge < -0.3 is 14.8 Å². The van der Waals surface area contributed by atoms with Gasteiger partial charge in [-0.1, -0.05) is 66.7 Å². The summed E-state index contributed by atoms with van der Waals surface area (Å²) in [5.41, 5.74) is 1.57. The predicted octanol–water partition coefficient (Wildman–Crippen LogP) is 4.70. The SMILES string of the molecule is CC(=O)N/C(=C\c1ccccc1)C(=O)OCc1ccccc1Oc1ccccc1. The maximum absolute atomic E-state index is 12.6. The Bertz CT molecular complexity index is 998. The molecular formula is C24H21NO4. The third-order valence-corrected chi connectivity index (χ3v) is 3.94. The van der Waals surface area contributed by atoms with E-state index in [1.54, 1.807) is 6.08 Å². The lowest BCUT2D eigenvalue weighted by Gasteiger charge is -2.13. The summed E-state index contributed by atoms with van der Waals surface area (Å²) in [6.07, 6.45) is 1.58. The highest BCUT2D eigenvalue weighted by Crippen LogP contribution is 2.25. The van der Waals surface area contributed by atoms with Crippen molar-refractivity contribution in [2.24, 2.45) is 0 Å². The maximum atomic E-state index is 12.6. The van der Waals surface area contributed by atoms with Crippen molar-refractivity contribution in [2.75, 3.05) is 0 Å². The number of hydrogen-bond acceptors (Lipinski definition) is 4. The molecule has 0 aromatic heterocycles. The van der Waals surface area contributed by atoms with E-state index in [9.17, 15) is 9.59 Å². The Hall–Kier alpha value is -3.86. The summed E-state index contributed by atoms with van der Waals surface area (Å²) in [6.45, 7) is 1.35. The Kier molecular flexibility index (Phi) is 6.79. The molecule has 0 spiro atoms. The fourth-order valence-electron chi connectivity index (χ4n) is 2.61. The summed E-state index contributed by atoms with van der Waals surface area (Å²) >= 11 is 0. The van der Waals surface area contributed by atoms with E-state index in [1.807, 2.05) is 84.9 Å². The lowest BCUT2D eigenvalue weighted by Crippen LogP contribution is -2.26. The van der Waals surface area contributed by atoms with Crippen LogP contribution in [0.15, 0.2) is 90.6 Å². The average Bonchev–Trinajstić information content (AvgIpc) is 2.73. The van der Waals surface area contributed by atoms with Crippen molar-refractivity contribution in [3.63, 3.8) is 0 Å². The largest absolute Gasteiger partial charge is 0.457 e. The molecule has 0 saturated carbocycles. The second-order valence-electron chi connectivity index (χ2n) is 6.25. The van der Waals surface area contributed by atoms with E-state index in [1.165, 1.54) is 6.92 Å². The monoisotopic (exact) mass is 387 g/mol. The zero-order valence-corrected chi connectivity index (χ0v) is 16.0. The van der Waals surface area contributed by atoms with Gasteiger partial charge in [-0.2, -0.15) is 0 Å². The summed E-state index contributed by atoms with van der Waals surface area (Å²) in [5, 5.41) is 2.54. The summed E-state index contributed by atoms with van der Waals surface area (Å²) < 4.78 is 11.3. The number of amides is 1. The van der Waals surface area contributed by atoms with Crippen LogP contribution in [0.25, 0.3) is 6.08 Å². The third kappa shape index (κ3) is 6.07. The van der Waals surface area contributed by atoms with Crippen molar-refractivity contribution in [1.29, 1.82) is 0 Å². The van der Waals surface area contributed by atoms with Gasteiger partial charge in [-0.15, -0.1) is 0 Å². The molecule has 3 aromatic rings. The van der Waals surface area contributed by atoms with Gasteiger partial charge in [0.05, 0.1) is 0 Å². The van der Waals surface area contributed by atoms with Crippen LogP contribution in [-0.4, -0.2) is 11.9 Å². The quantitative estimate of drug-likeness (QED) is 0.471. The molecule has 0 aliphatic carbocycles. The number of benzene rings is 3. The van der Waals surface area contributed by atoms with Crippen LogP contribution in [0.3, 0.4) is 0 Å². The van der Waals surface area contributed by atoms with Gasteiger partial charge in [-0.3, -0.25) is 4.79 Å². The second kappa shape index (κ2) is 9.90. The highest BCUT2D eigenvalue weighted by Gasteiger charge is 2.14. The van der Waals surface area contributed by atoms with Crippen molar-refractivity contribution in [1.82, 2.24) is 5.32 Å². The van der Waals surface area contributed by atoms with Gasteiger partial charge >= 0.3 is 5.97 Å². The molecule has 0 unspecified atom stereocenters. The molecule has 0 heterocycles. The van der Waals surface area contributed by atoms with Gasteiger partial charge in [0.15, 0.2) is 0 Å². The smallest absolute Gasteiger partial charge is 0.355 e. The van der Waals surface area contributed by atoms with Crippen LogP contribution in [0.1, 0.15) is 18.1 Å². The highest BCUT2D eigenvalue weighted by molar-refractivity contribution is 5.97. The van der Waals surface area contributed by atoms with E-state index >= 15 is 0 Å². The van der Waals surface area contributed by atoms with E-state index in [0.29, 0.717) is 17.1 Å². The number of nitrogens with one attached hydrogen (secondary N) is 1. The Balaban J connectivity index is 1.73. The lowest BCUT2D eigenvalue weighted by molar-refractivity contribution is -0.141. The van der Waals surface area contributed by atoms with Crippen LogP contribution in [0, 0.1) is 0 Å². The molecule has 0 saturated heterocycles. The fraction of sp³-hybridized carbons (Fsp3) is 0.0833. The summed E-state index contributed by atoms with van der Waals surface area (Å²) in [7, 11) is 0. The predicted molar refractivity (Wildman–Crippen MR) is 111 cm³/mol. The molecule has 29 heavy (non-hydrogen) atoms. The molecule has 3 rings (SSSR count). The van der Waals surface area contributed by atoms with E-state index in [4.69, 9.17) is 9.47 Å². The molecule has 0 aliphatic heterocycles. The second-order valence-corrected chi connectivity index (χ2v) is 6.25. The van der Waals surface area contributed by atoms with Gasteiger partial charge in [0.2, 0.25) is 5.91 Å². The molecule has 5 nitrogen and oxygen atoms in total. The number of carbonyl (C=O) groups is 2. The summed E-state index contributed by atoms with van der Waals surface area (Å²) in [5.74, 6) is 0.310. The first-order valence-electron chi connectivity index (χ1n) is 9.14. The standard InChI is InChI=1S/C24H21NO4/c1-18(26)25-22(16-19-10-4-2-5-11-19)24(27)28-17-20-12-8-9-15-23(20)29-21-13-6-3-7-14-21/h2-16H,17H2,1H3,(H,25,26)/b22-16-. The lowest BCUT2D eigenvalue weighted by atomic mass is 10.2. The Morgan fingerprint density at radius 2 is 1.48 bits per heavy atom. The highest BCUT2D eigenvalue weighted by atomic mass is 16.5. The summed E-state index contributed by atoms with van der Waals surface area (Å²) in [6, 6.07) is 25.9. The van der Waals surface area contributed by atoms with Gasteiger partial charge in [-0.25, -0.2) is 4.79 Å². The van der Waals surface area contributed by atoms with Crippen molar-refractivity contribution < 1.29 is 19.1 Å². The van der Waals surface area contributed by atoms with Crippen molar-refractivity contribution in [2.45, 2.75) is 13.5 Å². The van der Waals surface area contributed by atoms with E-state index in [-0.39, 0.29) is 18.2 Å². The van der Waals surface area contributed by atoms with Gasteiger partial charge in [0.25, 0.3) is 0 Å². The van der Waals surface area contributed by atoms with Crippen LogP contribution >= 0.6 is 0 Å². The third-order valence-electron chi connectivity index (χ3n) is 3.94. The summed E-state index contributed by atoms with van der Waals surface area (Å²) in [4.78, 5) is 24.1. The molecule has 0 fully saturated rings. The minimum atomic E-state index is -0.626. The van der Waals surface area contributed by atoms with Crippen molar-refractivity contribution in [3.05, 3.63) is 102 Å². The molecule has 0 atom stereocenters. The molecule has 0 bridgehead atoms. The fourth-order valence-corrected chi connectivity index (χ4v) is 2.61. The molecule has 3 aromatic carbocycles. The first-order valence-corrected chi connectivity index (χ1v) is 9.14. The van der Waals surface area contributed by atoms with Crippen LogP contribution < -0.4 is 10.1 Å². The first kappa shape index (κ1) is 19.9. The topological polar surface area (TPSA) is 64.6 Å². The minimum absolute atomic E-state index is 0.00749. The van der Waals surface area contributed by atoms with E-state index in [0.717, 1.165) is 5.56 Å². The number of carbonyl (C=O) groups excluding carboxylic acids is 2. The van der Waals surface area contributed by atoms with Crippen LogP contribution in [-0.2, 0) is 20.9 Å². The molecule has 5 heteroatoms. The molecule has 146 valence electrons. The molecule has 1 N–H and O–H groups in total. The molecule has 1 amide bonds. The van der Waals surface area contributed by atoms with Crippen LogP contribution in [0.5, 0.6) is 11.5 Å². The van der Waals surface area contributed by atoms with Gasteiger partial charge in [-0.05, 0) is 29.8 Å². The molecule has 0 aliphatic rings. The normalized spacial score (nSPS) is 10.9. The zero-order valence-electron chi connectivity index (χ0n) is 16.0. The zero-order chi connectivity index (χ0) is 20.5. The van der Waals surface area contributed by atoms with Crippen molar-refractivity contribution >= 4 is 18.0 Å². The van der Waals surface area contributed by atoms with Crippen LogP contribution in [0.4, 0.5) is 0 Å². The van der Waals surface area contributed by atoms with Gasteiger partial charge in [0, 0.05) is 12.5 Å². The number of ether oxygens (including phenoxy) is 2. The number of para-hydroxylation sites is 2. The number of esters is 1. The van der Waals surface area contributed by atoms with Crippen LogP contribution in [0.2, 0.25) is 0 Å². The van der Waals surface area contributed by atoms with Gasteiger partial charge in [0.1, 0.15) is 23.8 Å². The number of rotatable bonds is 7. The minimum Gasteiger partial charge on any atom is -0.457 e. The Morgan fingerprint density at radius 1 is 0.862 bits per heavy atom. The Labute approximate surface area is 169 Å².